The van der Waals surface area contributed by atoms with E-state index in [1.54, 1.807) is 0 Å². The van der Waals surface area contributed by atoms with Gasteiger partial charge in [-0.15, -0.1) is 0 Å². The summed E-state index contributed by atoms with van der Waals surface area (Å²) in [5.74, 6) is -5.15. The second-order valence-corrected chi connectivity index (χ2v) is 7.82. The number of amides is 2. The van der Waals surface area contributed by atoms with Crippen molar-refractivity contribution in [3.63, 3.8) is 0 Å². The van der Waals surface area contributed by atoms with E-state index in [1.807, 2.05) is 30.3 Å². The molecule has 0 saturated carbocycles. The summed E-state index contributed by atoms with van der Waals surface area (Å²) in [5, 5.41) is 15.0. The normalized spacial score (nSPS) is 21.2. The summed E-state index contributed by atoms with van der Waals surface area (Å²) in [6.07, 6.45) is 0.360. The number of hydrogen-bond donors (Lipinski definition) is 3. The molecule has 30 heavy (non-hydrogen) atoms. The van der Waals surface area contributed by atoms with Crippen molar-refractivity contribution in [1.82, 2.24) is 10.2 Å². The highest BCUT2D eigenvalue weighted by Crippen LogP contribution is 2.40. The van der Waals surface area contributed by atoms with Crippen LogP contribution in [0.2, 0.25) is 0 Å². The molecule has 0 spiro atoms. The van der Waals surface area contributed by atoms with Crippen LogP contribution in [-0.2, 0) is 21.9 Å². The van der Waals surface area contributed by atoms with Crippen LogP contribution >= 0.6 is 0 Å². The van der Waals surface area contributed by atoms with Crippen LogP contribution in [0.15, 0.2) is 48.5 Å². The number of anilines is 1. The van der Waals surface area contributed by atoms with Crippen molar-refractivity contribution in [1.29, 1.82) is 0 Å². The first-order valence-electron chi connectivity index (χ1n) is 9.90. The molecular formula is C22H23F2N3O3. The minimum absolute atomic E-state index is 0.000675. The van der Waals surface area contributed by atoms with Gasteiger partial charge in [0.05, 0.1) is 29.8 Å². The van der Waals surface area contributed by atoms with Gasteiger partial charge >= 0.3 is 5.92 Å². The molecule has 2 aromatic carbocycles. The molecule has 0 aliphatic carbocycles. The summed E-state index contributed by atoms with van der Waals surface area (Å²) < 4.78 is 27.6. The number of aliphatic hydroxyl groups is 1. The van der Waals surface area contributed by atoms with E-state index >= 15 is 0 Å². The molecule has 4 rings (SSSR count). The average Bonchev–Trinajstić information content (AvgIpc) is 3.21. The van der Waals surface area contributed by atoms with Gasteiger partial charge in [0.15, 0.2) is 0 Å². The van der Waals surface area contributed by atoms with E-state index in [2.05, 4.69) is 15.5 Å². The van der Waals surface area contributed by atoms with E-state index in [0.717, 1.165) is 12.1 Å². The van der Waals surface area contributed by atoms with Crippen LogP contribution in [0.3, 0.4) is 0 Å². The van der Waals surface area contributed by atoms with Gasteiger partial charge in [-0.1, -0.05) is 42.5 Å². The molecule has 2 aliphatic rings. The number of carbonyl (C=O) groups is 2. The predicted octanol–water partition coefficient (Wildman–Crippen LogP) is 2.20. The lowest BCUT2D eigenvalue weighted by Gasteiger charge is -2.25. The third-order valence-corrected chi connectivity index (χ3v) is 5.55. The van der Waals surface area contributed by atoms with E-state index in [-0.39, 0.29) is 35.7 Å². The second kappa shape index (κ2) is 8.12. The van der Waals surface area contributed by atoms with Crippen LogP contribution in [0, 0.1) is 0 Å². The van der Waals surface area contributed by atoms with E-state index in [1.165, 1.54) is 18.2 Å². The molecule has 8 heteroatoms. The zero-order valence-corrected chi connectivity index (χ0v) is 16.3. The molecule has 0 radical (unpaired) electrons. The largest absolute Gasteiger partial charge is 0.392 e. The maximum absolute atomic E-state index is 13.8. The maximum atomic E-state index is 13.8. The fraction of sp³-hybridized carbons (Fsp3) is 0.364. The van der Waals surface area contributed by atoms with Crippen LogP contribution in [0.25, 0.3) is 0 Å². The number of nitrogens with one attached hydrogen (secondary N) is 2. The monoisotopic (exact) mass is 415 g/mol. The van der Waals surface area contributed by atoms with Gasteiger partial charge in [-0.05, 0) is 23.6 Å². The van der Waals surface area contributed by atoms with Crippen molar-refractivity contribution in [3.05, 3.63) is 65.2 Å². The number of β-amino-alcohol motifs (C(OH)–C–C–N with tert-alkyl or cyclic N) is 1. The quantitative estimate of drug-likeness (QED) is 0.676. The number of alkyl halides is 2. The molecule has 1 unspecified atom stereocenters. The number of likely N-dealkylation sites (tertiary alicyclic amines) is 1. The van der Waals surface area contributed by atoms with Gasteiger partial charge in [-0.25, -0.2) is 0 Å². The summed E-state index contributed by atoms with van der Waals surface area (Å²) >= 11 is 0. The molecule has 1 fully saturated rings. The first kappa shape index (κ1) is 20.4. The highest BCUT2D eigenvalue weighted by molar-refractivity contribution is 6.04. The van der Waals surface area contributed by atoms with Gasteiger partial charge in [-0.3, -0.25) is 14.5 Å². The van der Waals surface area contributed by atoms with Crippen molar-refractivity contribution in [2.45, 2.75) is 30.9 Å². The first-order valence-corrected chi connectivity index (χ1v) is 9.90. The summed E-state index contributed by atoms with van der Waals surface area (Å²) in [6.45, 7) is 1.90. The van der Waals surface area contributed by atoms with Crippen molar-refractivity contribution in [3.8, 4) is 0 Å². The Morgan fingerprint density at radius 2 is 2.03 bits per heavy atom. The van der Waals surface area contributed by atoms with E-state index in [9.17, 15) is 23.5 Å². The number of rotatable bonds is 6. The summed E-state index contributed by atoms with van der Waals surface area (Å²) in [6, 6.07) is 13.4. The Hall–Kier alpha value is -2.84. The lowest BCUT2D eigenvalue weighted by molar-refractivity contribution is -0.139. The van der Waals surface area contributed by atoms with Crippen LogP contribution in [0.4, 0.5) is 14.5 Å². The van der Waals surface area contributed by atoms with E-state index in [0.29, 0.717) is 25.1 Å². The van der Waals surface area contributed by atoms with Crippen LogP contribution in [-0.4, -0.2) is 47.6 Å². The third kappa shape index (κ3) is 4.20. The Balaban J connectivity index is 1.45. The first-order chi connectivity index (χ1) is 14.3. The van der Waals surface area contributed by atoms with Crippen LogP contribution < -0.4 is 10.6 Å². The Labute approximate surface area is 172 Å². The molecule has 158 valence electrons. The van der Waals surface area contributed by atoms with Crippen molar-refractivity contribution in [2.24, 2.45) is 0 Å². The second-order valence-electron chi connectivity index (χ2n) is 7.82. The number of halogens is 2. The number of aliphatic hydroxyl groups excluding tert-OH is 1. The average molecular weight is 415 g/mol. The zero-order chi connectivity index (χ0) is 21.3. The molecule has 6 nitrogen and oxygen atoms in total. The molecule has 3 N–H and O–H groups in total. The molecule has 2 amide bonds. The molecule has 2 aromatic rings. The fourth-order valence-corrected chi connectivity index (χ4v) is 3.99. The van der Waals surface area contributed by atoms with Gasteiger partial charge in [0, 0.05) is 19.6 Å². The van der Waals surface area contributed by atoms with Crippen LogP contribution in [0.5, 0.6) is 0 Å². The van der Waals surface area contributed by atoms with Crippen molar-refractivity contribution >= 4 is 17.5 Å². The molecule has 1 saturated heterocycles. The summed E-state index contributed by atoms with van der Waals surface area (Å²) in [5.41, 5.74) is 1.16. The maximum Gasteiger partial charge on any atom is 0.352 e. The molecule has 0 bridgehead atoms. The fourth-order valence-electron chi connectivity index (χ4n) is 3.99. The number of hydrogen-bond acceptors (Lipinski definition) is 4. The van der Waals surface area contributed by atoms with Gasteiger partial charge in [0.2, 0.25) is 5.91 Å². The predicted molar refractivity (Wildman–Crippen MR) is 107 cm³/mol. The lowest BCUT2D eigenvalue weighted by Crippen LogP contribution is -2.38. The lowest BCUT2D eigenvalue weighted by atomic mass is 10.0. The number of carbonyl (C=O) groups excluding carboxylic acids is 2. The molecule has 0 aromatic heterocycles. The minimum atomic E-state index is -3.55. The number of nitrogens with zero attached hydrogens (tertiary/aromatic N) is 1. The zero-order valence-electron chi connectivity index (χ0n) is 16.3. The molecule has 2 aliphatic heterocycles. The SMILES string of the molecule is O=C(Cc1ccc2c(c1)NC(=O)C2(F)F)NC(CN1CC[C@H](O)C1)c1ccccc1. The van der Waals surface area contributed by atoms with E-state index in [4.69, 9.17) is 0 Å². The highest BCUT2D eigenvalue weighted by Gasteiger charge is 2.48. The van der Waals surface area contributed by atoms with Gasteiger partial charge in [0.25, 0.3) is 5.91 Å². The third-order valence-electron chi connectivity index (χ3n) is 5.55. The van der Waals surface area contributed by atoms with Gasteiger partial charge in [-0.2, -0.15) is 8.78 Å². The summed E-state index contributed by atoms with van der Waals surface area (Å²) in [7, 11) is 0. The van der Waals surface area contributed by atoms with Gasteiger partial charge in [0.1, 0.15) is 0 Å². The molecule has 2 atom stereocenters. The Morgan fingerprint density at radius 1 is 1.27 bits per heavy atom. The Morgan fingerprint density at radius 3 is 2.73 bits per heavy atom. The highest BCUT2D eigenvalue weighted by atomic mass is 19.3. The van der Waals surface area contributed by atoms with Gasteiger partial charge < -0.3 is 15.7 Å². The smallest absolute Gasteiger partial charge is 0.352 e. The summed E-state index contributed by atoms with van der Waals surface area (Å²) in [4.78, 5) is 26.2. The minimum Gasteiger partial charge on any atom is -0.392 e. The topological polar surface area (TPSA) is 81.7 Å². The van der Waals surface area contributed by atoms with Crippen LogP contribution in [0.1, 0.15) is 29.2 Å². The number of fused-ring (bicyclic) bond motifs is 1. The molecule has 2 heterocycles. The van der Waals surface area contributed by atoms with Crippen molar-refractivity contribution < 1.29 is 23.5 Å². The molecular weight excluding hydrogens is 392 g/mol. The standard InChI is InChI=1S/C22H23F2N3O3/c23-22(24)17-7-6-14(10-18(17)26-21(22)30)11-20(29)25-19(15-4-2-1-3-5-15)13-27-9-8-16(28)12-27/h1-7,10,16,19,28H,8-9,11-13H2,(H,25,29)(H,26,30)/t16-,19?/m0/s1. The van der Waals surface area contributed by atoms with Crippen molar-refractivity contribution in [2.75, 3.05) is 25.0 Å². The van der Waals surface area contributed by atoms with E-state index < -0.39 is 11.8 Å². The number of benzene rings is 2. The Bertz CT molecular complexity index is 952. The Kier molecular flexibility index (Phi) is 5.53.